The maximum absolute atomic E-state index is 12.5. The number of hydrogen-bond acceptors (Lipinski definition) is 4. The Morgan fingerprint density at radius 1 is 1.33 bits per heavy atom. The van der Waals surface area contributed by atoms with Gasteiger partial charge in [0.1, 0.15) is 6.04 Å². The number of rotatable bonds is 3. The summed E-state index contributed by atoms with van der Waals surface area (Å²) in [6.07, 6.45) is 0. The van der Waals surface area contributed by atoms with Gasteiger partial charge in [0.15, 0.2) is 0 Å². The molecule has 9 heteroatoms. The Labute approximate surface area is 126 Å². The molecule has 1 heterocycles. The van der Waals surface area contributed by atoms with Crippen LogP contribution in [-0.2, 0) is 4.79 Å². The van der Waals surface area contributed by atoms with Crippen molar-refractivity contribution in [2.24, 2.45) is 0 Å². The lowest BCUT2D eigenvalue weighted by atomic mass is 10.2. The van der Waals surface area contributed by atoms with Crippen LogP contribution in [-0.4, -0.2) is 45.1 Å². The van der Waals surface area contributed by atoms with Crippen molar-refractivity contribution in [3.8, 4) is 0 Å². The molecule has 4 nitrogen and oxygen atoms in total. The van der Waals surface area contributed by atoms with Crippen LogP contribution in [0, 0.1) is 0 Å². The molecule has 0 radical (unpaired) electrons. The van der Waals surface area contributed by atoms with Gasteiger partial charge in [-0.25, -0.2) is 4.79 Å². The molecular weight excluding hydrogens is 327 g/mol. The van der Waals surface area contributed by atoms with E-state index in [9.17, 15) is 22.8 Å². The molecular formula is C12H10F3NO3S2. The minimum absolute atomic E-state index is 0.131. The van der Waals surface area contributed by atoms with Crippen molar-refractivity contribution in [1.29, 1.82) is 0 Å². The molecule has 1 aromatic rings. The van der Waals surface area contributed by atoms with Gasteiger partial charge in [0.2, 0.25) is 0 Å². The Morgan fingerprint density at radius 3 is 2.62 bits per heavy atom. The Kier molecular flexibility index (Phi) is 4.72. The summed E-state index contributed by atoms with van der Waals surface area (Å²) >= 11 is 0.878. The number of carboxylic acids is 1. The highest BCUT2D eigenvalue weighted by Crippen LogP contribution is 2.39. The van der Waals surface area contributed by atoms with Crippen LogP contribution in [0.1, 0.15) is 10.4 Å². The van der Waals surface area contributed by atoms with Crippen molar-refractivity contribution in [3.63, 3.8) is 0 Å². The minimum Gasteiger partial charge on any atom is -0.480 e. The van der Waals surface area contributed by atoms with Crippen molar-refractivity contribution in [1.82, 2.24) is 4.90 Å². The lowest BCUT2D eigenvalue weighted by molar-refractivity contribution is -0.140. The van der Waals surface area contributed by atoms with E-state index in [4.69, 9.17) is 5.11 Å². The summed E-state index contributed by atoms with van der Waals surface area (Å²) in [5.41, 5.74) is -4.64. The van der Waals surface area contributed by atoms with Gasteiger partial charge >= 0.3 is 11.5 Å². The number of carbonyl (C=O) groups is 2. The highest BCUT2D eigenvalue weighted by atomic mass is 32.2. The predicted octanol–water partition coefficient (Wildman–Crippen LogP) is 2.90. The zero-order valence-electron chi connectivity index (χ0n) is 10.5. The van der Waals surface area contributed by atoms with Gasteiger partial charge in [-0.3, -0.25) is 4.79 Å². The number of benzene rings is 1. The van der Waals surface area contributed by atoms with E-state index in [1.165, 1.54) is 36.0 Å². The molecule has 1 aliphatic heterocycles. The van der Waals surface area contributed by atoms with Gasteiger partial charge in [0.05, 0.1) is 11.4 Å². The first kappa shape index (κ1) is 16.0. The molecule has 0 spiro atoms. The third-order valence-corrected chi connectivity index (χ3v) is 4.59. The largest absolute Gasteiger partial charge is 0.480 e. The summed E-state index contributed by atoms with van der Waals surface area (Å²) in [6, 6.07) is 4.32. The topological polar surface area (TPSA) is 57.6 Å². The SMILES string of the molecule is O=C(O)C1CSCN1C(=O)c1ccccc1SC(F)(F)F. The number of nitrogens with zero attached hydrogens (tertiary/aromatic N) is 1. The summed E-state index contributed by atoms with van der Waals surface area (Å²) in [5, 5.41) is 9.04. The molecule has 1 fully saturated rings. The van der Waals surface area contributed by atoms with Gasteiger partial charge in [-0.15, -0.1) is 11.8 Å². The van der Waals surface area contributed by atoms with Crippen molar-refractivity contribution in [3.05, 3.63) is 29.8 Å². The van der Waals surface area contributed by atoms with E-state index >= 15 is 0 Å². The Morgan fingerprint density at radius 2 is 2.00 bits per heavy atom. The van der Waals surface area contributed by atoms with Crippen LogP contribution in [0.5, 0.6) is 0 Å². The second-order valence-corrected chi connectivity index (χ2v) is 6.28. The normalized spacial score (nSPS) is 18.8. The second-order valence-electron chi connectivity index (χ2n) is 4.17. The minimum atomic E-state index is -4.51. The molecule has 2 rings (SSSR count). The summed E-state index contributed by atoms with van der Waals surface area (Å²) < 4.78 is 37.5. The van der Waals surface area contributed by atoms with Crippen LogP contribution in [0.25, 0.3) is 0 Å². The van der Waals surface area contributed by atoms with E-state index in [0.29, 0.717) is 0 Å². The first-order chi connectivity index (χ1) is 9.79. The van der Waals surface area contributed by atoms with Gasteiger partial charge in [0.25, 0.3) is 5.91 Å². The van der Waals surface area contributed by atoms with Crippen molar-refractivity contribution >= 4 is 35.4 Å². The molecule has 0 aromatic heterocycles. The third-order valence-electron chi connectivity index (χ3n) is 2.77. The van der Waals surface area contributed by atoms with Gasteiger partial charge in [-0.1, -0.05) is 12.1 Å². The van der Waals surface area contributed by atoms with Gasteiger partial charge in [-0.2, -0.15) is 13.2 Å². The molecule has 1 unspecified atom stereocenters. The molecule has 0 aliphatic carbocycles. The van der Waals surface area contributed by atoms with Gasteiger partial charge < -0.3 is 10.0 Å². The monoisotopic (exact) mass is 337 g/mol. The average Bonchev–Trinajstić information content (AvgIpc) is 2.86. The van der Waals surface area contributed by atoms with Gasteiger partial charge in [-0.05, 0) is 23.9 Å². The highest BCUT2D eigenvalue weighted by Gasteiger charge is 2.37. The fraction of sp³-hybridized carbons (Fsp3) is 0.333. The van der Waals surface area contributed by atoms with Crippen molar-refractivity contribution < 1.29 is 27.9 Å². The number of carboxylic acid groups (broad SMARTS) is 1. The molecule has 1 N–H and O–H groups in total. The molecule has 1 aliphatic rings. The first-order valence-electron chi connectivity index (χ1n) is 5.76. The maximum Gasteiger partial charge on any atom is 0.446 e. The second kappa shape index (κ2) is 6.18. The van der Waals surface area contributed by atoms with Crippen LogP contribution in [0.3, 0.4) is 0 Å². The standard InChI is InChI=1S/C12H10F3NO3S2/c13-12(14,15)21-9-4-2-1-3-7(9)10(17)16-6-20-5-8(16)11(18)19/h1-4,8H,5-6H2,(H,18,19). The maximum atomic E-state index is 12.5. The van der Waals surface area contributed by atoms with Crippen molar-refractivity contribution in [2.45, 2.75) is 16.4 Å². The van der Waals surface area contributed by atoms with Crippen molar-refractivity contribution in [2.75, 3.05) is 11.6 Å². The number of hydrogen-bond donors (Lipinski definition) is 1. The highest BCUT2D eigenvalue weighted by molar-refractivity contribution is 8.00. The zero-order valence-corrected chi connectivity index (χ0v) is 12.1. The number of carbonyl (C=O) groups excluding carboxylic acids is 1. The lowest BCUT2D eigenvalue weighted by Gasteiger charge is -2.21. The fourth-order valence-electron chi connectivity index (χ4n) is 1.86. The number of thioether (sulfide) groups is 2. The Bertz CT molecular complexity index is 565. The zero-order chi connectivity index (χ0) is 15.6. The van der Waals surface area contributed by atoms with E-state index in [0.717, 1.165) is 4.90 Å². The molecule has 114 valence electrons. The van der Waals surface area contributed by atoms with Crippen LogP contribution in [0.2, 0.25) is 0 Å². The smallest absolute Gasteiger partial charge is 0.446 e. The van der Waals surface area contributed by atoms with Gasteiger partial charge in [0, 0.05) is 10.6 Å². The average molecular weight is 337 g/mol. The summed E-state index contributed by atoms with van der Waals surface area (Å²) in [4.78, 5) is 24.3. The van der Waals surface area contributed by atoms with E-state index in [2.05, 4.69) is 0 Å². The van der Waals surface area contributed by atoms with E-state index in [1.54, 1.807) is 0 Å². The fourth-order valence-corrected chi connectivity index (χ4v) is 3.67. The molecule has 0 bridgehead atoms. The van der Waals surface area contributed by atoms with Crippen LogP contribution in [0.4, 0.5) is 13.2 Å². The molecule has 1 aromatic carbocycles. The van der Waals surface area contributed by atoms with Crippen LogP contribution >= 0.6 is 23.5 Å². The molecule has 0 saturated carbocycles. The number of aliphatic carboxylic acids is 1. The Balaban J connectivity index is 2.29. The molecule has 1 saturated heterocycles. The Hall–Kier alpha value is -1.35. The predicted molar refractivity (Wildman–Crippen MR) is 73.3 cm³/mol. The lowest BCUT2D eigenvalue weighted by Crippen LogP contribution is -2.41. The number of amides is 1. The first-order valence-corrected chi connectivity index (χ1v) is 7.73. The summed E-state index contributed by atoms with van der Waals surface area (Å²) in [6.45, 7) is 0. The molecule has 1 amide bonds. The number of halogens is 3. The number of alkyl halides is 3. The summed E-state index contributed by atoms with van der Waals surface area (Å²) in [5.74, 6) is -1.47. The van der Waals surface area contributed by atoms with Crippen LogP contribution < -0.4 is 0 Å². The van der Waals surface area contributed by atoms with E-state index < -0.39 is 23.4 Å². The quantitative estimate of drug-likeness (QED) is 0.860. The third kappa shape index (κ3) is 3.85. The summed E-state index contributed by atoms with van der Waals surface area (Å²) in [7, 11) is 0. The molecule has 1 atom stereocenters. The van der Waals surface area contributed by atoms with Crippen LogP contribution in [0.15, 0.2) is 29.2 Å². The molecule has 21 heavy (non-hydrogen) atoms. The van der Waals surface area contributed by atoms with E-state index in [-0.39, 0.29) is 33.9 Å². The van der Waals surface area contributed by atoms with E-state index in [1.807, 2.05) is 0 Å².